The molecule has 81 valence electrons. The van der Waals surface area contributed by atoms with E-state index in [1.807, 2.05) is 0 Å². The molecule has 0 atom stereocenters. The Morgan fingerprint density at radius 3 is 0.455 bits per heavy atom. The summed E-state index contributed by atoms with van der Waals surface area (Å²) in [7, 11) is 8.33. The average molecular weight is 689 g/mol. The van der Waals surface area contributed by atoms with E-state index in [0.717, 1.165) is 0 Å². The van der Waals surface area contributed by atoms with Crippen LogP contribution in [0.4, 0.5) is 0 Å². The summed E-state index contributed by atoms with van der Waals surface area (Å²) < 4.78 is 0. The summed E-state index contributed by atoms with van der Waals surface area (Å²) in [6.45, 7) is 0. The van der Waals surface area contributed by atoms with E-state index in [1.54, 1.807) is 0 Å². The SMILES string of the molecule is [Co].[SH-].[SH-].[SH-].[SH-].[SH-].[SH-].[S]=[W].[S]=[W]. The Morgan fingerprint density at radius 2 is 0.455 bits per heavy atom. The number of rotatable bonds is 0. The molecule has 0 fully saturated rings. The van der Waals surface area contributed by atoms with Gasteiger partial charge in [-0.1, -0.05) is 0 Å². The molecule has 0 aliphatic heterocycles. The maximum atomic E-state index is 4.17. The molecular formula is H6CoS8W2-6. The molecule has 0 N–H and O–H groups in total. The molecule has 0 saturated heterocycles. The Hall–Kier alpha value is 4.42. The van der Waals surface area contributed by atoms with Gasteiger partial charge in [-0.25, -0.2) is 0 Å². The molecule has 0 unspecified atom stereocenters. The van der Waals surface area contributed by atoms with E-state index in [1.165, 1.54) is 36.0 Å². The van der Waals surface area contributed by atoms with Crippen LogP contribution in [0.1, 0.15) is 0 Å². The second-order valence-corrected chi connectivity index (χ2v) is 0. The minimum absolute atomic E-state index is 0. The molecule has 1 radical (unpaired) electrons. The van der Waals surface area contributed by atoms with Crippen molar-refractivity contribution in [2.24, 2.45) is 0 Å². The first-order valence-corrected chi connectivity index (χ1v) is 8.19. The van der Waals surface area contributed by atoms with Gasteiger partial charge in [-0.05, 0) is 0 Å². The molecule has 0 nitrogen and oxygen atoms in total. The summed E-state index contributed by atoms with van der Waals surface area (Å²) in [6, 6.07) is 0. The Morgan fingerprint density at radius 1 is 0.455 bits per heavy atom. The molecule has 0 aromatic carbocycles. The fourth-order valence-corrected chi connectivity index (χ4v) is 0. The van der Waals surface area contributed by atoms with Crippen LogP contribution in [0.5, 0.6) is 0 Å². The van der Waals surface area contributed by atoms with E-state index in [0.29, 0.717) is 0 Å². The third-order valence-corrected chi connectivity index (χ3v) is 0. The fourth-order valence-electron chi connectivity index (χ4n) is 0. The van der Waals surface area contributed by atoms with Crippen molar-refractivity contribution in [3.05, 3.63) is 0 Å². The van der Waals surface area contributed by atoms with Gasteiger partial charge < -0.3 is 81.0 Å². The monoisotopic (exact) mass is 689 g/mol. The number of thiol groups is 6. The van der Waals surface area contributed by atoms with Gasteiger partial charge in [0.1, 0.15) is 0 Å². The molecular weight excluding hydrogens is 683 g/mol. The first-order chi connectivity index (χ1) is 2.00. The standard InChI is InChI=1S/Co.6H2S.2S.2W/h;6*1H2;;;;/p-6. The van der Waals surface area contributed by atoms with Crippen molar-refractivity contribution < 1.29 is 52.8 Å². The predicted octanol–water partition coefficient (Wildman–Crippen LogP) is -0.332. The quantitative estimate of drug-likeness (QED) is 0.248. The number of hydrogen-bond acceptors (Lipinski definition) is 8. The van der Waals surface area contributed by atoms with E-state index >= 15 is 0 Å². The topological polar surface area (TPSA) is 0 Å². The third-order valence-electron chi connectivity index (χ3n) is 0. The number of hydrogen-bond donors (Lipinski definition) is 0. The molecule has 0 bridgehead atoms. The van der Waals surface area contributed by atoms with E-state index in [-0.39, 0.29) is 97.8 Å². The van der Waals surface area contributed by atoms with Crippen molar-refractivity contribution in [1.29, 1.82) is 0 Å². The van der Waals surface area contributed by atoms with Gasteiger partial charge in [-0.3, -0.25) is 0 Å². The van der Waals surface area contributed by atoms with E-state index in [9.17, 15) is 0 Å². The van der Waals surface area contributed by atoms with Crippen LogP contribution < -0.4 is 0 Å². The minimum atomic E-state index is 0. The fraction of sp³-hybridized carbons (Fsp3) is 0. The van der Waals surface area contributed by atoms with Crippen LogP contribution >= 0.6 is 19.6 Å². The van der Waals surface area contributed by atoms with Crippen LogP contribution in [-0.4, -0.2) is 0 Å². The van der Waals surface area contributed by atoms with Gasteiger partial charge in [-0.2, -0.15) is 0 Å². The van der Waals surface area contributed by atoms with Gasteiger partial charge >= 0.3 is 55.6 Å². The molecule has 0 rings (SSSR count). The van der Waals surface area contributed by atoms with Crippen molar-refractivity contribution in [3.8, 4) is 0 Å². The van der Waals surface area contributed by atoms with E-state index < -0.39 is 0 Å². The van der Waals surface area contributed by atoms with Crippen molar-refractivity contribution in [2.45, 2.75) is 0 Å². The molecule has 0 aromatic heterocycles. The second kappa shape index (κ2) is 133. The van der Waals surface area contributed by atoms with Crippen LogP contribution in [0.2, 0.25) is 0 Å². The average Bonchev–Trinajstić information content (AvgIpc) is 1.50. The first-order valence-electron chi connectivity index (χ1n) is 0.333. The van der Waals surface area contributed by atoms with Crippen molar-refractivity contribution in [3.63, 3.8) is 0 Å². The Labute approximate surface area is 151 Å². The van der Waals surface area contributed by atoms with Gasteiger partial charge in [0.05, 0.1) is 0 Å². The van der Waals surface area contributed by atoms with Crippen LogP contribution in [0.3, 0.4) is 0 Å². The molecule has 0 spiro atoms. The van der Waals surface area contributed by atoms with Gasteiger partial charge in [0.2, 0.25) is 0 Å². The summed E-state index contributed by atoms with van der Waals surface area (Å²) in [4.78, 5) is 0. The maximum absolute atomic E-state index is 4.17. The van der Waals surface area contributed by atoms with Gasteiger partial charge in [0.15, 0.2) is 0 Å². The Balaban J connectivity index is -0.000000000635. The Kier molecular flexibility index (Phi) is 939. The van der Waals surface area contributed by atoms with Crippen LogP contribution in [-0.2, 0) is 134 Å². The summed E-state index contributed by atoms with van der Waals surface area (Å²) >= 11 is 2.33. The summed E-state index contributed by atoms with van der Waals surface area (Å²) in [5.41, 5.74) is 0. The molecule has 0 amide bonds. The van der Waals surface area contributed by atoms with Crippen LogP contribution in [0, 0.1) is 0 Å². The molecule has 11 heteroatoms. The molecule has 0 aliphatic rings. The molecule has 0 heterocycles. The normalized spacial score (nSPS) is 0.727. The van der Waals surface area contributed by atoms with E-state index in [4.69, 9.17) is 0 Å². The molecule has 0 saturated carbocycles. The van der Waals surface area contributed by atoms with Gasteiger partial charge in [0.25, 0.3) is 0 Å². The zero-order valence-electron chi connectivity index (χ0n) is 4.65. The van der Waals surface area contributed by atoms with Gasteiger partial charge in [-0.15, -0.1) is 0 Å². The third kappa shape index (κ3) is 114. The summed E-state index contributed by atoms with van der Waals surface area (Å²) in [6.07, 6.45) is 0. The zero-order chi connectivity index (χ0) is 4.00. The second-order valence-electron chi connectivity index (χ2n) is 0. The predicted molar refractivity (Wildman–Crippen MR) is 67.7 cm³/mol. The Bertz CT molecular complexity index is 14.1. The van der Waals surface area contributed by atoms with Crippen LogP contribution in [0.15, 0.2) is 0 Å². The van der Waals surface area contributed by atoms with E-state index in [2.05, 4.69) is 19.6 Å². The summed E-state index contributed by atoms with van der Waals surface area (Å²) in [5, 5.41) is 0. The molecule has 0 aromatic rings. The molecule has 0 aliphatic carbocycles. The van der Waals surface area contributed by atoms with Crippen molar-refractivity contribution in [2.75, 3.05) is 0 Å². The first kappa shape index (κ1) is 77.8. The zero-order valence-corrected chi connectivity index (χ0v) is 18.6. The van der Waals surface area contributed by atoms with Gasteiger partial charge in [0, 0.05) is 16.8 Å². The van der Waals surface area contributed by atoms with Crippen molar-refractivity contribution >= 4 is 101 Å². The van der Waals surface area contributed by atoms with Crippen molar-refractivity contribution in [1.82, 2.24) is 0 Å². The molecule has 11 heavy (non-hydrogen) atoms. The summed E-state index contributed by atoms with van der Waals surface area (Å²) in [5.74, 6) is 0. The van der Waals surface area contributed by atoms with Crippen LogP contribution in [0.25, 0.3) is 0 Å².